The molecule has 0 aromatic carbocycles. The van der Waals surface area contributed by atoms with E-state index in [1.165, 1.54) is 0 Å². The average molecular weight is 304 g/mol. The van der Waals surface area contributed by atoms with Crippen LogP contribution in [-0.4, -0.2) is 40.6 Å². The van der Waals surface area contributed by atoms with Gasteiger partial charge in [-0.15, -0.1) is 11.3 Å². The van der Waals surface area contributed by atoms with Crippen molar-refractivity contribution in [2.45, 2.75) is 32.7 Å². The lowest BCUT2D eigenvalue weighted by molar-refractivity contribution is 0.677. The first-order valence-corrected chi connectivity index (χ1v) is 8.01. The van der Waals surface area contributed by atoms with E-state index in [4.69, 9.17) is 0 Å². The predicted octanol–water partition coefficient (Wildman–Crippen LogP) is 2.35. The maximum atomic E-state index is 4.64. The molecule has 1 aliphatic rings. The van der Waals surface area contributed by atoms with E-state index in [0.29, 0.717) is 5.95 Å². The van der Waals surface area contributed by atoms with Crippen LogP contribution in [-0.2, 0) is 0 Å². The van der Waals surface area contributed by atoms with Gasteiger partial charge in [-0.2, -0.15) is 15.0 Å². The van der Waals surface area contributed by atoms with Crippen LogP contribution in [0, 0.1) is 13.8 Å². The summed E-state index contributed by atoms with van der Waals surface area (Å²) in [7, 11) is 3.90. The van der Waals surface area contributed by atoms with Crippen LogP contribution in [0.5, 0.6) is 0 Å². The Hall–Kier alpha value is -1.76. The number of hydrogen-bond acceptors (Lipinski definition) is 7. The van der Waals surface area contributed by atoms with Gasteiger partial charge in [0.15, 0.2) is 0 Å². The van der Waals surface area contributed by atoms with Crippen molar-refractivity contribution < 1.29 is 0 Å². The van der Waals surface area contributed by atoms with Gasteiger partial charge in [0.25, 0.3) is 0 Å². The molecule has 21 heavy (non-hydrogen) atoms. The third kappa shape index (κ3) is 2.83. The van der Waals surface area contributed by atoms with Crippen LogP contribution in [0.4, 0.5) is 11.9 Å². The fourth-order valence-corrected chi connectivity index (χ4v) is 3.29. The van der Waals surface area contributed by atoms with E-state index in [9.17, 15) is 0 Å². The van der Waals surface area contributed by atoms with Gasteiger partial charge >= 0.3 is 0 Å². The van der Waals surface area contributed by atoms with Crippen LogP contribution in [0.2, 0.25) is 0 Å². The van der Waals surface area contributed by atoms with Crippen LogP contribution >= 0.6 is 11.3 Å². The van der Waals surface area contributed by atoms with Gasteiger partial charge < -0.3 is 9.80 Å². The van der Waals surface area contributed by atoms with Gasteiger partial charge in [0, 0.05) is 26.0 Å². The van der Waals surface area contributed by atoms with E-state index in [1.807, 2.05) is 32.8 Å². The highest BCUT2D eigenvalue weighted by Gasteiger charge is 2.30. The normalized spacial score (nSPS) is 18.3. The number of aromatic nitrogens is 4. The number of rotatable bonds is 3. The van der Waals surface area contributed by atoms with Gasteiger partial charge in [-0.1, -0.05) is 0 Å². The summed E-state index contributed by atoms with van der Waals surface area (Å²) in [4.78, 5) is 22.3. The Balaban J connectivity index is 1.95. The van der Waals surface area contributed by atoms with Crippen molar-refractivity contribution in [1.29, 1.82) is 0 Å². The topological polar surface area (TPSA) is 58.0 Å². The minimum atomic E-state index is 0.284. The molecule has 0 radical (unpaired) electrons. The Bertz CT molecular complexity index is 638. The molecule has 1 aliphatic heterocycles. The Morgan fingerprint density at radius 1 is 1.19 bits per heavy atom. The molecule has 0 N–H and O–H groups in total. The molecule has 6 nitrogen and oxygen atoms in total. The SMILES string of the molecule is Cc1nc(N(C)C)nc(N2CCC[C@@H]2c2csc(C)n2)n1. The molecule has 0 amide bonds. The fraction of sp³-hybridized carbons (Fsp3) is 0.571. The molecular formula is C14H20N6S. The molecule has 3 heterocycles. The number of hydrogen-bond donors (Lipinski definition) is 0. The van der Waals surface area contributed by atoms with E-state index in [-0.39, 0.29) is 6.04 Å². The van der Waals surface area contributed by atoms with Crippen LogP contribution in [0.3, 0.4) is 0 Å². The van der Waals surface area contributed by atoms with Gasteiger partial charge in [0.1, 0.15) is 5.82 Å². The molecule has 1 fully saturated rings. The summed E-state index contributed by atoms with van der Waals surface area (Å²) in [5.41, 5.74) is 1.14. The number of nitrogens with zero attached hydrogens (tertiary/aromatic N) is 6. The summed E-state index contributed by atoms with van der Waals surface area (Å²) in [6.45, 7) is 4.93. The van der Waals surface area contributed by atoms with Gasteiger partial charge in [0.2, 0.25) is 11.9 Å². The molecule has 1 saturated heterocycles. The molecule has 0 saturated carbocycles. The summed E-state index contributed by atoms with van der Waals surface area (Å²) in [6.07, 6.45) is 2.24. The fourth-order valence-electron chi connectivity index (χ4n) is 2.63. The minimum absolute atomic E-state index is 0.284. The summed E-state index contributed by atoms with van der Waals surface area (Å²) in [5.74, 6) is 2.22. The summed E-state index contributed by atoms with van der Waals surface area (Å²) >= 11 is 1.70. The maximum Gasteiger partial charge on any atom is 0.230 e. The van der Waals surface area contributed by atoms with Crippen LogP contribution in [0.25, 0.3) is 0 Å². The quantitative estimate of drug-likeness (QED) is 0.867. The lowest BCUT2D eigenvalue weighted by atomic mass is 10.2. The molecule has 3 rings (SSSR count). The molecule has 0 bridgehead atoms. The summed E-state index contributed by atoms with van der Waals surface area (Å²) in [5, 5.41) is 3.26. The first-order valence-electron chi connectivity index (χ1n) is 7.13. The van der Waals surface area contributed by atoms with Crippen molar-refractivity contribution in [3.8, 4) is 0 Å². The largest absolute Gasteiger partial charge is 0.347 e. The lowest BCUT2D eigenvalue weighted by Gasteiger charge is -2.24. The maximum absolute atomic E-state index is 4.64. The van der Waals surface area contributed by atoms with Gasteiger partial charge in [-0.3, -0.25) is 0 Å². The summed E-state index contributed by atoms with van der Waals surface area (Å²) < 4.78 is 0. The second kappa shape index (κ2) is 5.55. The van der Waals surface area contributed by atoms with Crippen molar-refractivity contribution >= 4 is 23.2 Å². The van der Waals surface area contributed by atoms with Crippen molar-refractivity contribution in [3.63, 3.8) is 0 Å². The highest BCUT2D eigenvalue weighted by molar-refractivity contribution is 7.09. The van der Waals surface area contributed by atoms with Crippen molar-refractivity contribution in [1.82, 2.24) is 19.9 Å². The van der Waals surface area contributed by atoms with E-state index >= 15 is 0 Å². The van der Waals surface area contributed by atoms with E-state index in [0.717, 1.165) is 41.9 Å². The number of aryl methyl sites for hydroxylation is 2. The first-order chi connectivity index (χ1) is 10.0. The average Bonchev–Trinajstić information content (AvgIpc) is 3.06. The molecular weight excluding hydrogens is 284 g/mol. The van der Waals surface area contributed by atoms with Crippen LogP contribution in [0.1, 0.15) is 35.4 Å². The zero-order valence-corrected chi connectivity index (χ0v) is 13.7. The van der Waals surface area contributed by atoms with E-state index in [1.54, 1.807) is 11.3 Å². The second-order valence-electron chi connectivity index (χ2n) is 5.52. The molecule has 1 atom stereocenters. The van der Waals surface area contributed by atoms with E-state index in [2.05, 4.69) is 30.2 Å². The Kier molecular flexibility index (Phi) is 3.75. The third-order valence-electron chi connectivity index (χ3n) is 3.61. The number of thiazole rings is 1. The second-order valence-corrected chi connectivity index (χ2v) is 6.58. The molecule has 0 unspecified atom stereocenters. The zero-order valence-electron chi connectivity index (χ0n) is 12.9. The van der Waals surface area contributed by atoms with Gasteiger partial charge in [-0.05, 0) is 26.7 Å². The Morgan fingerprint density at radius 3 is 2.67 bits per heavy atom. The lowest BCUT2D eigenvalue weighted by Crippen LogP contribution is -2.26. The highest BCUT2D eigenvalue weighted by atomic mass is 32.1. The van der Waals surface area contributed by atoms with Crippen LogP contribution in [0.15, 0.2) is 5.38 Å². The molecule has 0 spiro atoms. The summed E-state index contributed by atoms with van der Waals surface area (Å²) in [6, 6.07) is 0.284. The third-order valence-corrected chi connectivity index (χ3v) is 4.40. The van der Waals surface area contributed by atoms with E-state index < -0.39 is 0 Å². The molecule has 0 aliphatic carbocycles. The monoisotopic (exact) mass is 304 g/mol. The Labute approximate surface area is 128 Å². The smallest absolute Gasteiger partial charge is 0.230 e. The molecule has 2 aromatic heterocycles. The zero-order chi connectivity index (χ0) is 15.0. The standard InChI is InChI=1S/C14H20N6S/c1-9-15-13(19(3)4)18-14(16-9)20-7-5-6-12(20)11-8-21-10(2)17-11/h8,12H,5-7H2,1-4H3/t12-/m1/s1. The van der Waals surface area contributed by atoms with Gasteiger partial charge in [0.05, 0.1) is 16.7 Å². The predicted molar refractivity (Wildman–Crippen MR) is 85.1 cm³/mol. The highest BCUT2D eigenvalue weighted by Crippen LogP contribution is 2.35. The molecule has 112 valence electrons. The van der Waals surface area contributed by atoms with Crippen molar-refractivity contribution in [2.24, 2.45) is 0 Å². The molecule has 2 aromatic rings. The first kappa shape index (κ1) is 14.2. The number of anilines is 2. The van der Waals surface area contributed by atoms with Gasteiger partial charge in [-0.25, -0.2) is 4.98 Å². The van der Waals surface area contributed by atoms with Crippen molar-refractivity contribution in [3.05, 3.63) is 21.9 Å². The van der Waals surface area contributed by atoms with Crippen LogP contribution < -0.4 is 9.80 Å². The minimum Gasteiger partial charge on any atom is -0.347 e. The van der Waals surface area contributed by atoms with Crippen molar-refractivity contribution in [2.75, 3.05) is 30.4 Å². The molecule has 7 heteroatoms. The Morgan fingerprint density at radius 2 is 2.00 bits per heavy atom.